The van der Waals surface area contributed by atoms with Crippen molar-refractivity contribution in [2.24, 2.45) is 0 Å². The molecule has 2 heterocycles. The molecule has 0 bridgehead atoms. The third-order valence-corrected chi connectivity index (χ3v) is 5.43. The molecule has 1 aliphatic heterocycles. The molecule has 1 aromatic carbocycles. The van der Waals surface area contributed by atoms with Gasteiger partial charge in [0.25, 0.3) is 10.0 Å². The average Bonchev–Trinajstić information content (AvgIpc) is 2.81. The van der Waals surface area contributed by atoms with Gasteiger partial charge in [-0.05, 0) is 31.2 Å². The largest absolute Gasteiger partial charge is 0.490 e. The van der Waals surface area contributed by atoms with E-state index in [1.165, 1.54) is 16.6 Å². The fraction of sp³-hybridized carbons (Fsp3) is 0.312. The highest BCUT2D eigenvalue weighted by molar-refractivity contribution is 7.92. The van der Waals surface area contributed by atoms with E-state index in [0.717, 1.165) is 6.42 Å². The van der Waals surface area contributed by atoms with E-state index in [1.54, 1.807) is 37.4 Å². The average molecular weight is 334 g/mol. The molecule has 0 radical (unpaired) electrons. The van der Waals surface area contributed by atoms with Gasteiger partial charge in [-0.25, -0.2) is 8.42 Å². The number of hydrogen-bond acceptors (Lipinski definition) is 5. The van der Waals surface area contributed by atoms with Crippen molar-refractivity contribution >= 4 is 15.7 Å². The highest BCUT2D eigenvalue weighted by atomic mass is 32.2. The van der Waals surface area contributed by atoms with Crippen molar-refractivity contribution in [3.63, 3.8) is 0 Å². The first-order valence-corrected chi connectivity index (χ1v) is 8.89. The van der Waals surface area contributed by atoms with E-state index in [-0.39, 0.29) is 4.90 Å². The number of aromatic nitrogens is 1. The van der Waals surface area contributed by atoms with Gasteiger partial charge in [0, 0.05) is 25.2 Å². The SMILES string of the molecule is CCN(c1cccnc1)S(=O)(=O)c1ccc2c(c1)OCCCO2. The van der Waals surface area contributed by atoms with Crippen molar-refractivity contribution in [2.75, 3.05) is 24.1 Å². The second-order valence-electron chi connectivity index (χ2n) is 5.04. The molecule has 0 saturated heterocycles. The van der Waals surface area contributed by atoms with Crippen molar-refractivity contribution in [3.8, 4) is 11.5 Å². The van der Waals surface area contributed by atoms with Gasteiger partial charge in [-0.15, -0.1) is 0 Å². The van der Waals surface area contributed by atoms with Crippen LogP contribution >= 0.6 is 0 Å². The van der Waals surface area contributed by atoms with E-state index in [1.807, 2.05) is 0 Å². The lowest BCUT2D eigenvalue weighted by Crippen LogP contribution is -2.30. The molecule has 23 heavy (non-hydrogen) atoms. The molecule has 0 spiro atoms. The Morgan fingerprint density at radius 3 is 2.65 bits per heavy atom. The van der Waals surface area contributed by atoms with Crippen LogP contribution in [0.1, 0.15) is 13.3 Å². The highest BCUT2D eigenvalue weighted by Gasteiger charge is 2.25. The van der Waals surface area contributed by atoms with Crippen molar-refractivity contribution in [1.82, 2.24) is 4.98 Å². The number of pyridine rings is 1. The van der Waals surface area contributed by atoms with Crippen LogP contribution < -0.4 is 13.8 Å². The summed E-state index contributed by atoms with van der Waals surface area (Å²) >= 11 is 0. The minimum Gasteiger partial charge on any atom is -0.490 e. The fourth-order valence-corrected chi connectivity index (χ4v) is 3.90. The number of fused-ring (bicyclic) bond motifs is 1. The predicted octanol–water partition coefficient (Wildman–Crippen LogP) is 2.46. The van der Waals surface area contributed by atoms with Crippen LogP contribution in [0, 0.1) is 0 Å². The van der Waals surface area contributed by atoms with Crippen LogP contribution in [0.15, 0.2) is 47.6 Å². The molecule has 2 aromatic rings. The van der Waals surface area contributed by atoms with E-state index in [2.05, 4.69) is 4.98 Å². The Bertz CT molecular complexity index is 778. The van der Waals surface area contributed by atoms with Gasteiger partial charge >= 0.3 is 0 Å². The molecule has 0 atom stereocenters. The Kier molecular flexibility index (Phi) is 4.38. The van der Waals surface area contributed by atoms with Crippen LogP contribution in [-0.2, 0) is 10.0 Å². The number of hydrogen-bond donors (Lipinski definition) is 0. The lowest BCUT2D eigenvalue weighted by atomic mass is 10.3. The molecule has 0 fully saturated rings. The number of sulfonamides is 1. The standard InChI is InChI=1S/C16H18N2O4S/c1-2-18(13-5-3-8-17-12-13)23(19,20)14-6-7-15-16(11-14)22-10-4-9-21-15/h3,5-8,11-12H,2,4,9-10H2,1H3. The predicted molar refractivity (Wildman–Crippen MR) is 86.5 cm³/mol. The number of nitrogens with zero attached hydrogens (tertiary/aromatic N) is 2. The summed E-state index contributed by atoms with van der Waals surface area (Å²) in [7, 11) is -3.69. The van der Waals surface area contributed by atoms with Crippen LogP contribution in [0.25, 0.3) is 0 Å². The summed E-state index contributed by atoms with van der Waals surface area (Å²) in [4.78, 5) is 4.17. The van der Waals surface area contributed by atoms with Gasteiger partial charge in [0.15, 0.2) is 11.5 Å². The molecule has 7 heteroatoms. The highest BCUT2D eigenvalue weighted by Crippen LogP contribution is 2.33. The quantitative estimate of drug-likeness (QED) is 0.859. The Hall–Kier alpha value is -2.28. The molecule has 0 amide bonds. The minimum absolute atomic E-state index is 0.174. The third kappa shape index (κ3) is 3.10. The molecule has 0 saturated carbocycles. The number of rotatable bonds is 4. The van der Waals surface area contributed by atoms with E-state index < -0.39 is 10.0 Å². The van der Waals surface area contributed by atoms with Crippen molar-refractivity contribution in [2.45, 2.75) is 18.2 Å². The normalized spacial score (nSPS) is 14.1. The summed E-state index contributed by atoms with van der Waals surface area (Å²) in [6.07, 6.45) is 3.91. The molecule has 3 rings (SSSR count). The summed E-state index contributed by atoms with van der Waals surface area (Å²) in [6.45, 7) is 3.17. The maximum atomic E-state index is 12.9. The summed E-state index contributed by atoms with van der Waals surface area (Å²) in [5.74, 6) is 1.04. The Morgan fingerprint density at radius 2 is 1.96 bits per heavy atom. The Balaban J connectivity index is 2.00. The zero-order chi connectivity index (χ0) is 16.3. The van der Waals surface area contributed by atoms with Gasteiger partial charge in [-0.1, -0.05) is 0 Å². The first kappa shape index (κ1) is 15.6. The molecule has 6 nitrogen and oxygen atoms in total. The van der Waals surface area contributed by atoms with Gasteiger partial charge < -0.3 is 9.47 Å². The molecule has 1 aromatic heterocycles. The van der Waals surface area contributed by atoms with E-state index in [0.29, 0.717) is 36.9 Å². The Morgan fingerprint density at radius 1 is 1.17 bits per heavy atom. The van der Waals surface area contributed by atoms with Gasteiger partial charge in [-0.2, -0.15) is 0 Å². The Labute approximate surface area is 135 Å². The molecule has 122 valence electrons. The number of ether oxygens (including phenoxy) is 2. The second-order valence-corrected chi connectivity index (χ2v) is 6.90. The zero-order valence-corrected chi connectivity index (χ0v) is 13.6. The summed E-state index contributed by atoms with van der Waals surface area (Å²) in [5.41, 5.74) is 0.530. The van der Waals surface area contributed by atoms with Crippen LogP contribution in [0.4, 0.5) is 5.69 Å². The lowest BCUT2D eigenvalue weighted by Gasteiger charge is -2.23. The van der Waals surface area contributed by atoms with Crippen molar-refractivity contribution in [3.05, 3.63) is 42.7 Å². The fourth-order valence-electron chi connectivity index (χ4n) is 2.42. The van der Waals surface area contributed by atoms with E-state index in [9.17, 15) is 8.42 Å². The number of anilines is 1. The molecule has 0 unspecified atom stereocenters. The van der Waals surface area contributed by atoms with Crippen LogP contribution in [0.2, 0.25) is 0 Å². The smallest absolute Gasteiger partial charge is 0.264 e. The molecule has 1 aliphatic rings. The monoisotopic (exact) mass is 334 g/mol. The van der Waals surface area contributed by atoms with Gasteiger partial charge in [0.1, 0.15) is 0 Å². The summed E-state index contributed by atoms with van der Waals surface area (Å²) in [5, 5.41) is 0. The maximum absolute atomic E-state index is 12.9. The summed E-state index contributed by atoms with van der Waals surface area (Å²) in [6, 6.07) is 8.14. The zero-order valence-electron chi connectivity index (χ0n) is 12.8. The second kappa shape index (κ2) is 6.45. The van der Waals surface area contributed by atoms with Crippen molar-refractivity contribution < 1.29 is 17.9 Å². The van der Waals surface area contributed by atoms with Gasteiger partial charge in [0.2, 0.25) is 0 Å². The first-order chi connectivity index (χ1) is 11.1. The summed E-state index contributed by atoms with van der Waals surface area (Å²) < 4.78 is 38.3. The third-order valence-electron chi connectivity index (χ3n) is 3.53. The molecular formula is C16H18N2O4S. The topological polar surface area (TPSA) is 68.7 Å². The molecule has 0 N–H and O–H groups in total. The maximum Gasteiger partial charge on any atom is 0.264 e. The van der Waals surface area contributed by atoms with Crippen LogP contribution in [0.5, 0.6) is 11.5 Å². The van der Waals surface area contributed by atoms with Crippen LogP contribution in [-0.4, -0.2) is 33.2 Å². The number of benzene rings is 1. The van der Waals surface area contributed by atoms with Crippen molar-refractivity contribution in [1.29, 1.82) is 0 Å². The minimum atomic E-state index is -3.69. The molecular weight excluding hydrogens is 316 g/mol. The molecule has 0 aliphatic carbocycles. The van der Waals surface area contributed by atoms with Gasteiger partial charge in [0.05, 0.1) is 30.0 Å². The van der Waals surface area contributed by atoms with Gasteiger partial charge in [-0.3, -0.25) is 9.29 Å². The van der Waals surface area contributed by atoms with E-state index >= 15 is 0 Å². The lowest BCUT2D eigenvalue weighted by molar-refractivity contribution is 0.297. The van der Waals surface area contributed by atoms with E-state index in [4.69, 9.17) is 9.47 Å². The van der Waals surface area contributed by atoms with Crippen LogP contribution in [0.3, 0.4) is 0 Å². The first-order valence-electron chi connectivity index (χ1n) is 7.45.